The second-order valence-corrected chi connectivity index (χ2v) is 19.7. The van der Waals surface area contributed by atoms with Crippen LogP contribution in [-0.2, 0) is 23.8 Å². The van der Waals surface area contributed by atoms with E-state index in [2.05, 4.69) is 45.2 Å². The van der Waals surface area contributed by atoms with Crippen molar-refractivity contribution in [1.82, 2.24) is 0 Å². The van der Waals surface area contributed by atoms with Crippen molar-refractivity contribution in [3.63, 3.8) is 0 Å². The number of fused-ring (bicyclic) bond motifs is 5. The molecule has 2 heterocycles. The Morgan fingerprint density at radius 1 is 0.839 bits per heavy atom. The summed E-state index contributed by atoms with van der Waals surface area (Å²) >= 11 is 0. The average molecular weight is 799 g/mol. The molecule has 14 nitrogen and oxygen atoms in total. The molecule has 4 saturated carbocycles. The maximum absolute atomic E-state index is 12.3. The number of aliphatic hydroxyl groups is 8. The Hall–Kier alpha value is -1.08. The van der Waals surface area contributed by atoms with E-state index in [-0.39, 0.29) is 29.1 Å². The minimum atomic E-state index is -1.70. The zero-order valence-electron chi connectivity index (χ0n) is 34.4. The molecule has 0 aromatic heterocycles. The third kappa shape index (κ3) is 7.08. The van der Waals surface area contributed by atoms with Gasteiger partial charge < -0.3 is 59.8 Å². The van der Waals surface area contributed by atoms with Gasteiger partial charge in [0.05, 0.1) is 31.0 Å². The molecule has 0 bridgehead atoms. The summed E-state index contributed by atoms with van der Waals surface area (Å²) in [5.41, 5.74) is 0.0101. The fourth-order valence-corrected chi connectivity index (χ4v) is 13.1. The zero-order chi connectivity index (χ0) is 41.4. The van der Waals surface area contributed by atoms with Crippen LogP contribution in [0.25, 0.3) is 0 Å². The largest absolute Gasteiger partial charge is 0.394 e. The Bertz CT molecular complexity index is 1440. The lowest BCUT2D eigenvalue weighted by Gasteiger charge is -2.72. The highest BCUT2D eigenvalue weighted by Crippen LogP contribution is 2.76. The van der Waals surface area contributed by atoms with Gasteiger partial charge in [-0.05, 0) is 117 Å². The van der Waals surface area contributed by atoms with E-state index in [4.69, 9.17) is 18.9 Å². The Balaban J connectivity index is 1.38. The van der Waals surface area contributed by atoms with Crippen LogP contribution in [0.2, 0.25) is 0 Å². The van der Waals surface area contributed by atoms with Crippen LogP contribution in [0.1, 0.15) is 100 Å². The molecule has 9 N–H and O–H groups in total. The first-order chi connectivity index (χ1) is 26.1. The SMILES string of the molecule is C=C(C)C(C/C=C(\C)[C@H]1CC[C@]2(C)[C@@H]1[C@H](O)CC1[C@@]3(C)CC[C@H](O)C(C)(C)C3[C@@H](O[C@@H]3O[C@H](CO)[C@@H](O)[C@H](O)[C@H]3O[C@@H]3O[C@@H](C)[C@H](O)[C@@H](O)[C@H]3O)C[C@]12C)OO. The van der Waals surface area contributed by atoms with Crippen LogP contribution in [0.4, 0.5) is 0 Å². The summed E-state index contributed by atoms with van der Waals surface area (Å²) in [5.74, 6) is -0.201. The van der Waals surface area contributed by atoms with E-state index in [9.17, 15) is 46.1 Å². The molecule has 6 fully saturated rings. The fourth-order valence-electron chi connectivity index (χ4n) is 13.1. The zero-order valence-corrected chi connectivity index (χ0v) is 34.4. The lowest BCUT2D eigenvalue weighted by atomic mass is 9.34. The highest BCUT2D eigenvalue weighted by Gasteiger charge is 2.73. The van der Waals surface area contributed by atoms with Gasteiger partial charge in [-0.2, -0.15) is 0 Å². The normalized spacial score (nSPS) is 52.4. The van der Waals surface area contributed by atoms with E-state index >= 15 is 0 Å². The number of hydrogen-bond acceptors (Lipinski definition) is 14. The van der Waals surface area contributed by atoms with Crippen molar-refractivity contribution in [2.45, 2.75) is 186 Å². The molecule has 21 atom stereocenters. The van der Waals surface area contributed by atoms with Crippen LogP contribution in [0.5, 0.6) is 0 Å². The van der Waals surface area contributed by atoms with Crippen LogP contribution in [0.3, 0.4) is 0 Å². The second kappa shape index (κ2) is 16.1. The van der Waals surface area contributed by atoms with E-state index in [0.717, 1.165) is 18.4 Å². The minimum absolute atomic E-state index is 0.0543. The molecule has 4 aliphatic carbocycles. The van der Waals surface area contributed by atoms with Gasteiger partial charge in [-0.15, -0.1) is 0 Å². The first kappa shape index (κ1) is 44.5. The summed E-state index contributed by atoms with van der Waals surface area (Å²) in [4.78, 5) is 4.69. The molecule has 322 valence electrons. The van der Waals surface area contributed by atoms with Gasteiger partial charge in [-0.1, -0.05) is 52.8 Å². The van der Waals surface area contributed by atoms with Crippen LogP contribution >= 0.6 is 0 Å². The van der Waals surface area contributed by atoms with Crippen molar-refractivity contribution in [3.8, 4) is 0 Å². The highest BCUT2D eigenvalue weighted by molar-refractivity contribution is 5.24. The Labute approximate surface area is 331 Å². The molecule has 2 aliphatic heterocycles. The summed E-state index contributed by atoms with van der Waals surface area (Å²) in [5, 5.41) is 97.8. The molecule has 14 heteroatoms. The molecule has 6 rings (SSSR count). The molecule has 2 saturated heterocycles. The molecule has 0 spiro atoms. The summed E-state index contributed by atoms with van der Waals surface area (Å²) in [6.07, 6.45) is -10.2. The highest BCUT2D eigenvalue weighted by atomic mass is 17.1. The number of allylic oxidation sites excluding steroid dienone is 1. The van der Waals surface area contributed by atoms with E-state index < -0.39 is 109 Å². The first-order valence-corrected chi connectivity index (χ1v) is 20.7. The van der Waals surface area contributed by atoms with Gasteiger partial charge in [0.2, 0.25) is 0 Å². The summed E-state index contributed by atoms with van der Waals surface area (Å²) in [7, 11) is 0. The molecule has 56 heavy (non-hydrogen) atoms. The Morgan fingerprint density at radius 3 is 2.14 bits per heavy atom. The number of aliphatic hydroxyl groups excluding tert-OH is 8. The predicted octanol–water partition coefficient (Wildman–Crippen LogP) is 2.42. The molecule has 0 aromatic carbocycles. The lowest BCUT2D eigenvalue weighted by molar-refractivity contribution is -0.381. The quantitative estimate of drug-likeness (QED) is 0.0670. The third-order valence-electron chi connectivity index (χ3n) is 16.4. The van der Waals surface area contributed by atoms with Crippen molar-refractivity contribution in [3.05, 3.63) is 23.8 Å². The Kier molecular flexibility index (Phi) is 12.8. The van der Waals surface area contributed by atoms with E-state index in [0.29, 0.717) is 37.7 Å². The molecule has 3 unspecified atom stereocenters. The van der Waals surface area contributed by atoms with E-state index in [1.165, 1.54) is 6.92 Å². The summed E-state index contributed by atoms with van der Waals surface area (Å²) < 4.78 is 25.1. The number of ether oxygens (including phenoxy) is 4. The molecule has 0 radical (unpaired) electrons. The van der Waals surface area contributed by atoms with Crippen LogP contribution < -0.4 is 0 Å². The third-order valence-corrected chi connectivity index (χ3v) is 16.4. The van der Waals surface area contributed by atoms with Gasteiger partial charge in [0.1, 0.15) is 48.8 Å². The molecule has 0 aromatic rings. The predicted molar refractivity (Wildman–Crippen MR) is 202 cm³/mol. The maximum Gasteiger partial charge on any atom is 0.187 e. The molecule has 6 aliphatic rings. The van der Waals surface area contributed by atoms with Crippen molar-refractivity contribution in [1.29, 1.82) is 0 Å². The molecular formula is C42H70O14. The standard InChI is InChI=1S/C42H70O14/c1-19(2)24(56-51)11-10-20(3)22-12-15-41(8)29(22)23(44)16-27-40(7)14-13-28(45)39(5,6)36(40)25(17-42(27,41)9)53-38-35(33(49)31(47)26(18-43)54-38)55-37-34(50)32(48)30(46)21(4)52-37/h10,21-38,43-51H,1,11-18H2,2-9H3/b20-10+/t21-,22+,23+,24?,25-,26+,27?,28-,29-,30-,31+,32+,33-,34+,35+,36?,37-,38+,40+,41+,42+/m0/s1. The average Bonchev–Trinajstić information content (AvgIpc) is 3.51. The molecular weight excluding hydrogens is 728 g/mol. The summed E-state index contributed by atoms with van der Waals surface area (Å²) in [6, 6.07) is 0. The fraction of sp³-hybridized carbons (Fsp3) is 0.905. The van der Waals surface area contributed by atoms with Crippen LogP contribution in [0.15, 0.2) is 23.8 Å². The number of hydrogen-bond donors (Lipinski definition) is 9. The van der Waals surface area contributed by atoms with Gasteiger partial charge in [0.15, 0.2) is 12.6 Å². The summed E-state index contributed by atoms with van der Waals surface area (Å²) in [6.45, 7) is 19.7. The van der Waals surface area contributed by atoms with Crippen molar-refractivity contribution < 1.29 is 69.9 Å². The molecule has 0 amide bonds. The smallest absolute Gasteiger partial charge is 0.187 e. The maximum atomic E-state index is 12.3. The van der Waals surface area contributed by atoms with Gasteiger partial charge in [0.25, 0.3) is 0 Å². The van der Waals surface area contributed by atoms with Gasteiger partial charge >= 0.3 is 0 Å². The van der Waals surface area contributed by atoms with Crippen molar-refractivity contribution in [2.24, 2.45) is 45.3 Å². The topological polar surface area (TPSA) is 228 Å². The van der Waals surface area contributed by atoms with Gasteiger partial charge in [-0.3, -0.25) is 5.26 Å². The monoisotopic (exact) mass is 798 g/mol. The van der Waals surface area contributed by atoms with E-state index in [1.807, 2.05) is 20.8 Å². The van der Waals surface area contributed by atoms with Gasteiger partial charge in [-0.25, -0.2) is 4.89 Å². The van der Waals surface area contributed by atoms with Crippen molar-refractivity contribution >= 4 is 0 Å². The lowest BCUT2D eigenvalue weighted by Crippen LogP contribution is -2.71. The van der Waals surface area contributed by atoms with Gasteiger partial charge in [0, 0.05) is 0 Å². The van der Waals surface area contributed by atoms with Crippen molar-refractivity contribution in [2.75, 3.05) is 6.61 Å². The second-order valence-electron chi connectivity index (χ2n) is 19.7. The minimum Gasteiger partial charge on any atom is -0.394 e. The first-order valence-electron chi connectivity index (χ1n) is 20.7. The van der Waals surface area contributed by atoms with Crippen LogP contribution in [0, 0.1) is 45.3 Å². The Morgan fingerprint density at radius 2 is 1.52 bits per heavy atom. The van der Waals surface area contributed by atoms with E-state index in [1.54, 1.807) is 0 Å². The number of rotatable bonds is 10. The van der Waals surface area contributed by atoms with Crippen LogP contribution in [-0.4, -0.2) is 139 Å².